The molecule has 1 saturated heterocycles. The van der Waals surface area contributed by atoms with Crippen LogP contribution in [0, 0.1) is 24.2 Å². The summed E-state index contributed by atoms with van der Waals surface area (Å²) in [5.74, 6) is -0.842. The zero-order valence-electron chi connectivity index (χ0n) is 19.1. The quantitative estimate of drug-likeness (QED) is 0.383. The SMILES string of the molecule is Cc1cc(C(F)=Cc2ccc(OC(F)(F)F)cc2)nn1Cc1cccc(N2CCC(C#N)CC2)c1. The summed E-state index contributed by atoms with van der Waals surface area (Å²) in [5.41, 5.74) is 3.42. The molecule has 5 nitrogen and oxygen atoms in total. The van der Waals surface area contributed by atoms with Crippen LogP contribution in [0.4, 0.5) is 23.2 Å². The van der Waals surface area contributed by atoms with Crippen molar-refractivity contribution < 1.29 is 22.3 Å². The number of ether oxygens (including phenoxy) is 1. The number of aromatic nitrogens is 2. The van der Waals surface area contributed by atoms with E-state index in [2.05, 4.69) is 26.9 Å². The molecular weight excluding hydrogens is 460 g/mol. The molecule has 1 aromatic heterocycles. The third-order valence-electron chi connectivity index (χ3n) is 5.92. The zero-order valence-corrected chi connectivity index (χ0v) is 19.1. The van der Waals surface area contributed by atoms with E-state index < -0.39 is 12.2 Å². The summed E-state index contributed by atoms with van der Waals surface area (Å²) >= 11 is 0. The van der Waals surface area contributed by atoms with Gasteiger partial charge in [0.1, 0.15) is 11.4 Å². The maximum atomic E-state index is 14.8. The highest BCUT2D eigenvalue weighted by Crippen LogP contribution is 2.26. The van der Waals surface area contributed by atoms with Gasteiger partial charge in [-0.1, -0.05) is 24.3 Å². The molecule has 0 spiro atoms. The van der Waals surface area contributed by atoms with Crippen molar-refractivity contribution in [3.05, 3.63) is 77.1 Å². The van der Waals surface area contributed by atoms with Gasteiger partial charge in [-0.3, -0.25) is 4.68 Å². The molecule has 0 unspecified atom stereocenters. The van der Waals surface area contributed by atoms with E-state index in [1.807, 2.05) is 25.1 Å². The van der Waals surface area contributed by atoms with Crippen molar-refractivity contribution in [3.8, 4) is 11.8 Å². The van der Waals surface area contributed by atoms with Crippen LogP contribution in [0.2, 0.25) is 0 Å². The predicted molar refractivity (Wildman–Crippen MR) is 125 cm³/mol. The first-order chi connectivity index (χ1) is 16.7. The van der Waals surface area contributed by atoms with Crippen LogP contribution in [-0.4, -0.2) is 29.2 Å². The maximum Gasteiger partial charge on any atom is 0.573 e. The summed E-state index contributed by atoms with van der Waals surface area (Å²) in [7, 11) is 0. The first-order valence-electron chi connectivity index (χ1n) is 11.2. The highest BCUT2D eigenvalue weighted by atomic mass is 19.4. The largest absolute Gasteiger partial charge is 0.573 e. The number of alkyl halides is 3. The number of hydrogen-bond donors (Lipinski definition) is 0. The average molecular weight is 484 g/mol. The van der Waals surface area contributed by atoms with Crippen molar-refractivity contribution in [1.29, 1.82) is 5.26 Å². The van der Waals surface area contributed by atoms with E-state index in [1.165, 1.54) is 18.2 Å². The minimum atomic E-state index is -4.78. The van der Waals surface area contributed by atoms with E-state index in [0.29, 0.717) is 12.1 Å². The lowest BCUT2D eigenvalue weighted by molar-refractivity contribution is -0.274. The number of anilines is 1. The van der Waals surface area contributed by atoms with E-state index in [0.717, 1.165) is 55.0 Å². The normalized spacial score (nSPS) is 15.2. The van der Waals surface area contributed by atoms with Gasteiger partial charge in [0, 0.05) is 30.4 Å². The van der Waals surface area contributed by atoms with Crippen LogP contribution in [-0.2, 0) is 6.54 Å². The monoisotopic (exact) mass is 484 g/mol. The molecule has 35 heavy (non-hydrogen) atoms. The van der Waals surface area contributed by atoms with Crippen LogP contribution < -0.4 is 9.64 Å². The summed E-state index contributed by atoms with van der Waals surface area (Å²) in [6, 6.07) is 17.0. The van der Waals surface area contributed by atoms with Crippen molar-refractivity contribution >= 4 is 17.6 Å². The predicted octanol–water partition coefficient (Wildman–Crippen LogP) is 6.35. The summed E-state index contributed by atoms with van der Waals surface area (Å²) in [6.07, 6.45) is -1.85. The molecule has 0 aliphatic carbocycles. The average Bonchev–Trinajstić information content (AvgIpc) is 3.20. The molecule has 0 saturated carbocycles. The van der Waals surface area contributed by atoms with Gasteiger partial charge in [-0.15, -0.1) is 13.2 Å². The molecule has 2 heterocycles. The smallest absolute Gasteiger partial charge is 0.406 e. The van der Waals surface area contributed by atoms with Gasteiger partial charge in [0.05, 0.1) is 12.6 Å². The summed E-state index contributed by atoms with van der Waals surface area (Å²) in [4.78, 5) is 2.27. The molecule has 2 aromatic carbocycles. The first kappa shape index (κ1) is 24.3. The zero-order chi connectivity index (χ0) is 25.0. The number of benzene rings is 2. The summed E-state index contributed by atoms with van der Waals surface area (Å²) < 4.78 is 57.3. The van der Waals surface area contributed by atoms with Crippen LogP contribution in [0.5, 0.6) is 5.75 Å². The summed E-state index contributed by atoms with van der Waals surface area (Å²) in [6.45, 7) is 3.98. The lowest BCUT2D eigenvalue weighted by Crippen LogP contribution is -2.33. The van der Waals surface area contributed by atoms with Crippen LogP contribution in [0.25, 0.3) is 11.9 Å². The van der Waals surface area contributed by atoms with Gasteiger partial charge in [0.15, 0.2) is 5.83 Å². The van der Waals surface area contributed by atoms with Crippen molar-refractivity contribution in [2.45, 2.75) is 32.7 Å². The Balaban J connectivity index is 1.45. The van der Waals surface area contributed by atoms with Crippen molar-refractivity contribution in [2.24, 2.45) is 5.92 Å². The second-order valence-corrected chi connectivity index (χ2v) is 8.50. The molecule has 1 aliphatic rings. The molecule has 3 aromatic rings. The Morgan fingerprint density at radius 1 is 1.14 bits per heavy atom. The number of aryl methyl sites for hydroxylation is 1. The molecule has 182 valence electrons. The highest BCUT2D eigenvalue weighted by Gasteiger charge is 2.31. The van der Waals surface area contributed by atoms with Crippen molar-refractivity contribution in [3.63, 3.8) is 0 Å². The minimum Gasteiger partial charge on any atom is -0.406 e. The second kappa shape index (κ2) is 10.2. The molecule has 0 atom stereocenters. The van der Waals surface area contributed by atoms with E-state index in [9.17, 15) is 17.6 Å². The van der Waals surface area contributed by atoms with Crippen LogP contribution >= 0.6 is 0 Å². The van der Waals surface area contributed by atoms with E-state index >= 15 is 0 Å². The number of hydrogen-bond acceptors (Lipinski definition) is 4. The fraction of sp³-hybridized carbons (Fsp3) is 0.308. The minimum absolute atomic E-state index is 0.119. The van der Waals surface area contributed by atoms with E-state index in [1.54, 1.807) is 10.7 Å². The molecule has 0 amide bonds. The fourth-order valence-electron chi connectivity index (χ4n) is 4.06. The molecule has 4 rings (SSSR count). The Kier molecular flexibility index (Phi) is 7.10. The molecule has 0 radical (unpaired) electrons. The number of piperidine rings is 1. The Labute approximate surface area is 200 Å². The van der Waals surface area contributed by atoms with Gasteiger partial charge in [0.25, 0.3) is 0 Å². The molecule has 0 N–H and O–H groups in total. The van der Waals surface area contributed by atoms with E-state index in [4.69, 9.17) is 5.26 Å². The Bertz CT molecular complexity index is 1230. The Morgan fingerprint density at radius 2 is 1.86 bits per heavy atom. The molecule has 0 bridgehead atoms. The highest BCUT2D eigenvalue weighted by molar-refractivity contribution is 5.75. The third kappa shape index (κ3) is 6.41. The fourth-order valence-corrected chi connectivity index (χ4v) is 4.06. The van der Waals surface area contributed by atoms with Gasteiger partial charge in [-0.25, -0.2) is 4.39 Å². The number of rotatable bonds is 6. The van der Waals surface area contributed by atoms with Gasteiger partial charge < -0.3 is 9.64 Å². The van der Waals surface area contributed by atoms with Gasteiger partial charge >= 0.3 is 6.36 Å². The third-order valence-corrected chi connectivity index (χ3v) is 5.92. The molecule has 1 aliphatic heterocycles. The number of nitriles is 1. The molecular formula is C26H24F4N4O. The standard InChI is InChI=1S/C26H24F4N4O/c1-18-13-25(24(27)15-19-5-7-23(8-6-19)35-26(28,29)30)32-34(18)17-21-3-2-4-22(14-21)33-11-9-20(16-31)10-12-33/h2-8,13-15,20H,9-12,17H2,1H3. The lowest BCUT2D eigenvalue weighted by Gasteiger charge is -2.31. The van der Waals surface area contributed by atoms with Gasteiger partial charge in [-0.05, 0) is 67.3 Å². The Morgan fingerprint density at radius 3 is 2.51 bits per heavy atom. The second-order valence-electron chi connectivity index (χ2n) is 8.50. The van der Waals surface area contributed by atoms with E-state index in [-0.39, 0.29) is 17.4 Å². The van der Waals surface area contributed by atoms with Crippen LogP contribution in [0.3, 0.4) is 0 Å². The number of halogens is 4. The number of nitrogens with zero attached hydrogens (tertiary/aromatic N) is 4. The lowest BCUT2D eigenvalue weighted by atomic mass is 9.98. The van der Waals surface area contributed by atoms with Gasteiger partial charge in [0.2, 0.25) is 0 Å². The van der Waals surface area contributed by atoms with Crippen LogP contribution in [0.15, 0.2) is 54.6 Å². The summed E-state index contributed by atoms with van der Waals surface area (Å²) in [5, 5.41) is 13.5. The molecule has 9 heteroatoms. The van der Waals surface area contributed by atoms with Crippen molar-refractivity contribution in [2.75, 3.05) is 18.0 Å². The van der Waals surface area contributed by atoms with Crippen LogP contribution in [0.1, 0.15) is 35.4 Å². The molecule has 1 fully saturated rings. The topological polar surface area (TPSA) is 54.1 Å². The first-order valence-corrected chi connectivity index (χ1v) is 11.2. The Hall–Kier alpha value is -3.80. The van der Waals surface area contributed by atoms with Gasteiger partial charge in [-0.2, -0.15) is 10.4 Å². The van der Waals surface area contributed by atoms with Crippen molar-refractivity contribution in [1.82, 2.24) is 9.78 Å². The maximum absolute atomic E-state index is 14.8.